The number of rotatable bonds is 5. The molecule has 6 heteroatoms. The molecule has 0 spiro atoms. The molecule has 0 bridgehead atoms. The van der Waals surface area contributed by atoms with Crippen molar-refractivity contribution in [1.29, 1.82) is 0 Å². The average molecular weight is 294 g/mol. The molecule has 0 aliphatic heterocycles. The van der Waals surface area contributed by atoms with Crippen molar-refractivity contribution in [1.82, 2.24) is 25.3 Å². The smallest absolute Gasteiger partial charge is 0.0837 e. The Morgan fingerprint density at radius 1 is 1.35 bits per heavy atom. The Morgan fingerprint density at radius 2 is 2.10 bits per heavy atom. The largest absolute Gasteiger partial charge is 0.305 e. The van der Waals surface area contributed by atoms with Crippen LogP contribution in [-0.4, -0.2) is 26.5 Å². The minimum Gasteiger partial charge on any atom is -0.305 e. The van der Waals surface area contributed by atoms with Gasteiger partial charge in [-0.05, 0) is 26.0 Å². The van der Waals surface area contributed by atoms with E-state index in [1.807, 2.05) is 18.7 Å². The summed E-state index contributed by atoms with van der Waals surface area (Å²) in [6, 6.07) is 2.05. The second-order valence-electron chi connectivity index (χ2n) is 4.73. The van der Waals surface area contributed by atoms with Gasteiger partial charge in [0, 0.05) is 12.6 Å². The lowest BCUT2D eigenvalue weighted by atomic mass is 10.00. The monoisotopic (exact) mass is 293 g/mol. The number of nitrogens with one attached hydrogen (secondary N) is 1. The van der Waals surface area contributed by atoms with Crippen molar-refractivity contribution < 1.29 is 0 Å². The number of hydrogen-bond acceptors (Lipinski definition) is 4. The summed E-state index contributed by atoms with van der Waals surface area (Å²) in [5.41, 5.74) is 3.96. The number of aromatic nitrogens is 4. The molecule has 1 unspecified atom stereocenters. The third-order valence-corrected chi connectivity index (χ3v) is 3.58. The van der Waals surface area contributed by atoms with Crippen LogP contribution in [-0.2, 0) is 13.5 Å². The Labute approximate surface area is 124 Å². The fourth-order valence-corrected chi connectivity index (χ4v) is 2.64. The lowest BCUT2D eigenvalue weighted by Crippen LogP contribution is -2.26. The lowest BCUT2D eigenvalue weighted by molar-refractivity contribution is 0.564. The van der Waals surface area contributed by atoms with E-state index in [2.05, 4.69) is 40.5 Å². The molecule has 0 fully saturated rings. The van der Waals surface area contributed by atoms with Crippen LogP contribution < -0.4 is 5.32 Å². The van der Waals surface area contributed by atoms with E-state index in [-0.39, 0.29) is 6.04 Å². The summed E-state index contributed by atoms with van der Waals surface area (Å²) in [6.45, 7) is 6.93. The summed E-state index contributed by atoms with van der Waals surface area (Å²) < 4.78 is 1.81. The van der Waals surface area contributed by atoms with Crippen molar-refractivity contribution in [3.8, 4) is 0 Å². The summed E-state index contributed by atoms with van der Waals surface area (Å²) in [5.74, 6) is 0. The van der Waals surface area contributed by atoms with Gasteiger partial charge in [0.2, 0.25) is 0 Å². The van der Waals surface area contributed by atoms with Gasteiger partial charge in [-0.3, -0.25) is 4.68 Å². The third kappa shape index (κ3) is 2.83. The normalized spacial score (nSPS) is 12.7. The molecule has 0 aliphatic carbocycles. The molecule has 108 valence electrons. The lowest BCUT2D eigenvalue weighted by Gasteiger charge is -2.21. The highest BCUT2D eigenvalue weighted by molar-refractivity contribution is 6.31. The molecule has 20 heavy (non-hydrogen) atoms. The minimum absolute atomic E-state index is 0.0239. The molecule has 0 saturated heterocycles. The fourth-order valence-electron chi connectivity index (χ4n) is 2.36. The maximum Gasteiger partial charge on any atom is 0.0837 e. The Bertz CT molecular complexity index is 574. The van der Waals surface area contributed by atoms with E-state index in [0.717, 1.165) is 35.6 Å². The first-order valence-corrected chi connectivity index (χ1v) is 7.20. The summed E-state index contributed by atoms with van der Waals surface area (Å²) in [6.07, 6.45) is 2.51. The quantitative estimate of drug-likeness (QED) is 0.920. The Hall–Kier alpha value is -1.46. The van der Waals surface area contributed by atoms with Crippen molar-refractivity contribution in [3.63, 3.8) is 0 Å². The molecule has 0 amide bonds. The van der Waals surface area contributed by atoms with Crippen LogP contribution in [0.4, 0.5) is 0 Å². The molecular formula is C14H20ClN5. The zero-order chi connectivity index (χ0) is 14.7. The Balaban J connectivity index is 2.57. The minimum atomic E-state index is -0.0239. The first-order chi connectivity index (χ1) is 9.58. The number of hydrogen-bond donors (Lipinski definition) is 1. The second kappa shape index (κ2) is 6.33. The summed E-state index contributed by atoms with van der Waals surface area (Å²) in [5, 5.41) is 16.8. The van der Waals surface area contributed by atoms with Crippen molar-refractivity contribution in [2.45, 2.75) is 33.2 Å². The van der Waals surface area contributed by atoms with Gasteiger partial charge in [0.25, 0.3) is 0 Å². The first-order valence-electron chi connectivity index (χ1n) is 6.82. The van der Waals surface area contributed by atoms with E-state index in [9.17, 15) is 0 Å². The highest BCUT2D eigenvalue weighted by Gasteiger charge is 2.23. The molecule has 2 aromatic rings. The van der Waals surface area contributed by atoms with Crippen LogP contribution in [0.3, 0.4) is 0 Å². The van der Waals surface area contributed by atoms with E-state index < -0.39 is 0 Å². The Morgan fingerprint density at radius 3 is 2.65 bits per heavy atom. The van der Waals surface area contributed by atoms with Gasteiger partial charge in [-0.2, -0.15) is 15.3 Å². The van der Waals surface area contributed by atoms with Crippen molar-refractivity contribution in [2.24, 2.45) is 7.05 Å². The molecule has 1 atom stereocenters. The van der Waals surface area contributed by atoms with Gasteiger partial charge < -0.3 is 5.32 Å². The van der Waals surface area contributed by atoms with Gasteiger partial charge in [-0.15, -0.1) is 0 Å². The molecule has 2 heterocycles. The van der Waals surface area contributed by atoms with Crippen molar-refractivity contribution in [3.05, 3.63) is 39.9 Å². The van der Waals surface area contributed by atoms with E-state index in [0.29, 0.717) is 5.02 Å². The zero-order valence-corrected chi connectivity index (χ0v) is 13.1. The van der Waals surface area contributed by atoms with E-state index >= 15 is 0 Å². The Kier molecular flexibility index (Phi) is 4.73. The standard InChI is InChI=1S/C14H20ClN5/c1-5-12-10(7-9(3)18-19-12)13(16-6-2)14-11(15)8-17-20(14)4/h7-8,13,16H,5-6H2,1-4H3. The topological polar surface area (TPSA) is 55.6 Å². The van der Waals surface area contributed by atoms with Crippen molar-refractivity contribution >= 4 is 11.6 Å². The molecule has 2 aromatic heterocycles. The molecule has 2 rings (SSSR count). The SMILES string of the molecule is CCNC(c1cc(C)nnc1CC)c1c(Cl)cnn1C. The molecule has 5 nitrogen and oxygen atoms in total. The summed E-state index contributed by atoms with van der Waals surface area (Å²) in [4.78, 5) is 0. The number of halogens is 1. The predicted molar refractivity (Wildman–Crippen MR) is 79.9 cm³/mol. The highest BCUT2D eigenvalue weighted by Crippen LogP contribution is 2.29. The first kappa shape index (κ1) is 14.9. The van der Waals surface area contributed by atoms with E-state index in [4.69, 9.17) is 11.6 Å². The van der Waals surface area contributed by atoms with Crippen LogP contribution in [0, 0.1) is 6.92 Å². The number of aryl methyl sites for hydroxylation is 3. The molecule has 0 saturated carbocycles. The van der Waals surface area contributed by atoms with Gasteiger partial charge in [0.1, 0.15) is 0 Å². The maximum atomic E-state index is 6.30. The summed E-state index contributed by atoms with van der Waals surface area (Å²) >= 11 is 6.30. The second-order valence-corrected chi connectivity index (χ2v) is 5.14. The van der Waals surface area contributed by atoms with Gasteiger partial charge in [-0.25, -0.2) is 0 Å². The van der Waals surface area contributed by atoms with Gasteiger partial charge in [-0.1, -0.05) is 25.4 Å². The van der Waals surface area contributed by atoms with Crippen LogP contribution in [0.2, 0.25) is 5.02 Å². The van der Waals surface area contributed by atoms with Crippen LogP contribution in [0.15, 0.2) is 12.3 Å². The number of nitrogens with zero attached hydrogens (tertiary/aromatic N) is 4. The maximum absolute atomic E-state index is 6.30. The van der Waals surface area contributed by atoms with E-state index in [1.165, 1.54) is 0 Å². The van der Waals surface area contributed by atoms with E-state index in [1.54, 1.807) is 6.20 Å². The highest BCUT2D eigenvalue weighted by atomic mass is 35.5. The van der Waals surface area contributed by atoms with Crippen molar-refractivity contribution in [2.75, 3.05) is 6.54 Å². The van der Waals surface area contributed by atoms with Gasteiger partial charge in [0.15, 0.2) is 0 Å². The van der Waals surface area contributed by atoms with Gasteiger partial charge in [0.05, 0.1) is 34.3 Å². The van der Waals surface area contributed by atoms with Gasteiger partial charge >= 0.3 is 0 Å². The molecular weight excluding hydrogens is 274 g/mol. The van der Waals surface area contributed by atoms with Crippen LogP contribution >= 0.6 is 11.6 Å². The molecule has 0 radical (unpaired) electrons. The fraction of sp³-hybridized carbons (Fsp3) is 0.500. The third-order valence-electron chi connectivity index (χ3n) is 3.29. The average Bonchev–Trinajstić information content (AvgIpc) is 2.76. The van der Waals surface area contributed by atoms with Crippen LogP contribution in [0.5, 0.6) is 0 Å². The van der Waals surface area contributed by atoms with Crippen LogP contribution in [0.1, 0.15) is 42.5 Å². The predicted octanol–water partition coefficient (Wildman–Crippen LogP) is 2.43. The molecule has 0 aromatic carbocycles. The zero-order valence-electron chi connectivity index (χ0n) is 12.3. The molecule has 1 N–H and O–H groups in total. The van der Waals surface area contributed by atoms with Crippen LogP contribution in [0.25, 0.3) is 0 Å². The molecule has 0 aliphatic rings. The summed E-state index contributed by atoms with van der Waals surface area (Å²) in [7, 11) is 1.90.